The molecule has 1 aliphatic heterocycles. The maximum absolute atomic E-state index is 13.9. The highest BCUT2D eigenvalue weighted by molar-refractivity contribution is 9.15. The molecule has 1 aliphatic rings. The van der Waals surface area contributed by atoms with Crippen LogP contribution in [-0.2, 0) is 0 Å². The molecule has 0 aliphatic carbocycles. The summed E-state index contributed by atoms with van der Waals surface area (Å²) in [4.78, 5) is 55.0. The first-order chi connectivity index (χ1) is 17.1. The first kappa shape index (κ1) is 27.2. The van der Waals surface area contributed by atoms with E-state index in [2.05, 4.69) is 63.7 Å². The molecule has 0 N–H and O–H groups in total. The average Bonchev–Trinajstić information content (AvgIpc) is 3.14. The van der Waals surface area contributed by atoms with E-state index in [4.69, 9.17) is 11.6 Å². The lowest BCUT2D eigenvalue weighted by atomic mass is 10.0. The molecule has 0 spiro atoms. The maximum atomic E-state index is 13.9. The number of fused-ring (bicyclic) bond motifs is 1. The number of benzene rings is 3. The Labute approximate surface area is 245 Å². The van der Waals surface area contributed by atoms with Crippen LogP contribution in [0.2, 0.25) is 5.02 Å². The van der Waals surface area contributed by atoms with Crippen molar-refractivity contribution in [3.8, 4) is 0 Å². The SMILES string of the molecule is CC[C@@H](C(=O)c1ccccc1)N(C(=O)c1ccc(Cl)cc1)N1C(=O)c2c(Br)c(Br)c(Br)c(Br)c2C1=O. The summed E-state index contributed by atoms with van der Waals surface area (Å²) in [7, 11) is 0. The zero-order valence-electron chi connectivity index (χ0n) is 18.4. The fourth-order valence-corrected chi connectivity index (χ4v) is 6.48. The molecule has 6 nitrogen and oxygen atoms in total. The number of carbonyl (C=O) groups is 4. The van der Waals surface area contributed by atoms with E-state index < -0.39 is 29.5 Å². The van der Waals surface area contributed by atoms with Crippen molar-refractivity contribution in [1.82, 2.24) is 10.0 Å². The molecule has 0 saturated heterocycles. The van der Waals surface area contributed by atoms with Gasteiger partial charge < -0.3 is 0 Å². The summed E-state index contributed by atoms with van der Waals surface area (Å²) in [6.07, 6.45) is 0.149. The fourth-order valence-electron chi connectivity index (χ4n) is 3.89. The van der Waals surface area contributed by atoms with Crippen LogP contribution in [0.15, 0.2) is 72.5 Å². The van der Waals surface area contributed by atoms with Crippen molar-refractivity contribution in [2.24, 2.45) is 0 Å². The monoisotopic (exact) mass is 758 g/mol. The summed E-state index contributed by atoms with van der Waals surface area (Å²) in [6, 6.07) is 13.3. The summed E-state index contributed by atoms with van der Waals surface area (Å²) in [6.45, 7) is 1.71. The number of rotatable bonds is 6. The maximum Gasteiger partial charge on any atom is 0.282 e. The topological polar surface area (TPSA) is 74.8 Å². The minimum Gasteiger partial charge on any atom is -0.292 e. The fraction of sp³-hybridized carbons (Fsp3) is 0.120. The molecule has 11 heteroatoms. The minimum atomic E-state index is -1.14. The van der Waals surface area contributed by atoms with Gasteiger partial charge in [-0.25, -0.2) is 5.01 Å². The van der Waals surface area contributed by atoms with Crippen LogP contribution in [0, 0.1) is 0 Å². The number of halogens is 5. The van der Waals surface area contributed by atoms with Gasteiger partial charge in [0.05, 0.1) is 11.1 Å². The molecule has 3 aromatic carbocycles. The van der Waals surface area contributed by atoms with Gasteiger partial charge >= 0.3 is 0 Å². The molecular weight excluding hydrogens is 747 g/mol. The molecule has 0 bridgehead atoms. The predicted octanol–water partition coefficient (Wildman–Crippen LogP) is 7.70. The molecular formula is C25H15Br4ClN2O4. The Kier molecular flexibility index (Phi) is 8.21. The van der Waals surface area contributed by atoms with E-state index in [1.54, 1.807) is 37.3 Å². The van der Waals surface area contributed by atoms with Gasteiger partial charge in [0.15, 0.2) is 5.78 Å². The summed E-state index contributed by atoms with van der Waals surface area (Å²) in [5.41, 5.74) is 0.647. The Hall–Kier alpha value is -1.85. The van der Waals surface area contributed by atoms with Crippen LogP contribution in [0.5, 0.6) is 0 Å². The van der Waals surface area contributed by atoms with Gasteiger partial charge in [-0.3, -0.25) is 19.2 Å². The predicted molar refractivity (Wildman–Crippen MR) is 150 cm³/mol. The first-order valence-corrected chi connectivity index (χ1v) is 14.1. The van der Waals surface area contributed by atoms with Crippen LogP contribution >= 0.6 is 75.3 Å². The quantitative estimate of drug-likeness (QED) is 0.112. The Morgan fingerprint density at radius 2 is 1.31 bits per heavy atom. The molecule has 1 heterocycles. The number of hydrazine groups is 1. The minimum absolute atomic E-state index is 0.0675. The lowest BCUT2D eigenvalue weighted by molar-refractivity contribution is -0.00975. The molecule has 1 atom stereocenters. The van der Waals surface area contributed by atoms with E-state index in [-0.39, 0.29) is 23.1 Å². The lowest BCUT2D eigenvalue weighted by Gasteiger charge is -2.35. The number of imide groups is 1. The van der Waals surface area contributed by atoms with Gasteiger partial charge in [0, 0.05) is 34.0 Å². The molecule has 0 unspecified atom stereocenters. The molecule has 0 aromatic heterocycles. The normalized spacial score (nSPS) is 13.6. The number of nitrogens with zero attached hydrogens (tertiary/aromatic N) is 2. The van der Waals surface area contributed by atoms with E-state index in [1.807, 2.05) is 0 Å². The highest BCUT2D eigenvalue weighted by atomic mass is 79.9. The number of hydrogen-bond acceptors (Lipinski definition) is 4. The van der Waals surface area contributed by atoms with Crippen LogP contribution < -0.4 is 0 Å². The molecule has 36 heavy (non-hydrogen) atoms. The smallest absolute Gasteiger partial charge is 0.282 e. The van der Waals surface area contributed by atoms with E-state index >= 15 is 0 Å². The van der Waals surface area contributed by atoms with Crippen LogP contribution in [0.3, 0.4) is 0 Å². The number of ketones is 1. The second-order valence-electron chi connectivity index (χ2n) is 7.74. The van der Waals surface area contributed by atoms with Gasteiger partial charge in [-0.1, -0.05) is 48.9 Å². The molecule has 184 valence electrons. The third-order valence-electron chi connectivity index (χ3n) is 5.64. The van der Waals surface area contributed by atoms with Crippen LogP contribution in [0.1, 0.15) is 54.8 Å². The van der Waals surface area contributed by atoms with Crippen molar-refractivity contribution in [1.29, 1.82) is 0 Å². The molecule has 3 aromatic rings. The van der Waals surface area contributed by atoms with Gasteiger partial charge in [0.25, 0.3) is 17.7 Å². The zero-order valence-corrected chi connectivity index (χ0v) is 25.5. The summed E-state index contributed by atoms with van der Waals surface area (Å²) in [5, 5.41) is 2.13. The van der Waals surface area contributed by atoms with Crippen LogP contribution in [0.25, 0.3) is 0 Å². The Balaban J connectivity index is 1.90. The van der Waals surface area contributed by atoms with Gasteiger partial charge in [-0.2, -0.15) is 5.01 Å². The summed E-state index contributed by atoms with van der Waals surface area (Å²) < 4.78 is 1.71. The van der Waals surface area contributed by atoms with Crippen molar-refractivity contribution in [2.75, 3.05) is 0 Å². The highest BCUT2D eigenvalue weighted by Gasteiger charge is 2.48. The van der Waals surface area contributed by atoms with Gasteiger partial charge in [0.2, 0.25) is 0 Å². The standard InChI is InChI=1S/C25H15Br4ClN2O4/c1-2-15(22(33)12-6-4-3-5-7-12)31(23(34)13-8-10-14(30)11-9-13)32-24(35)16-17(25(32)36)19(27)21(29)20(28)18(16)26/h3-11,15H,2H2,1H3/t15-/m0/s1. The Bertz CT molecular complexity index is 1370. The Morgan fingerprint density at radius 1 is 0.806 bits per heavy atom. The number of amides is 3. The summed E-state index contributed by atoms with van der Waals surface area (Å²) in [5.74, 6) is -2.57. The molecule has 0 saturated carbocycles. The van der Waals surface area contributed by atoms with Crippen molar-refractivity contribution in [2.45, 2.75) is 19.4 Å². The van der Waals surface area contributed by atoms with Gasteiger partial charge in [0.1, 0.15) is 6.04 Å². The van der Waals surface area contributed by atoms with E-state index in [1.165, 1.54) is 24.3 Å². The van der Waals surface area contributed by atoms with Crippen molar-refractivity contribution in [3.05, 3.63) is 99.8 Å². The summed E-state index contributed by atoms with van der Waals surface area (Å²) >= 11 is 19.6. The van der Waals surface area contributed by atoms with E-state index in [0.29, 0.717) is 28.5 Å². The number of carbonyl (C=O) groups excluding carboxylic acids is 4. The van der Waals surface area contributed by atoms with E-state index in [0.717, 1.165) is 10.0 Å². The van der Waals surface area contributed by atoms with Crippen molar-refractivity contribution in [3.63, 3.8) is 0 Å². The number of hydrogen-bond donors (Lipinski definition) is 0. The lowest BCUT2D eigenvalue weighted by Crippen LogP contribution is -2.57. The van der Waals surface area contributed by atoms with Crippen molar-refractivity contribution < 1.29 is 19.2 Å². The second kappa shape index (κ2) is 10.9. The largest absolute Gasteiger partial charge is 0.292 e. The second-order valence-corrected chi connectivity index (χ2v) is 11.3. The average molecular weight is 762 g/mol. The number of Topliss-reactive ketones (excluding diaryl/α,β-unsaturated/α-hetero) is 1. The van der Waals surface area contributed by atoms with Crippen molar-refractivity contribution >= 4 is 98.8 Å². The zero-order chi connectivity index (χ0) is 26.3. The van der Waals surface area contributed by atoms with Crippen LogP contribution in [-0.4, -0.2) is 39.6 Å². The molecule has 0 fully saturated rings. The third kappa shape index (κ3) is 4.62. The Morgan fingerprint density at radius 3 is 1.78 bits per heavy atom. The van der Waals surface area contributed by atoms with Crippen LogP contribution in [0.4, 0.5) is 0 Å². The van der Waals surface area contributed by atoms with Gasteiger partial charge in [-0.15, -0.1) is 0 Å². The first-order valence-electron chi connectivity index (χ1n) is 10.5. The molecule has 0 radical (unpaired) electrons. The third-order valence-corrected chi connectivity index (χ3v) is 10.7. The molecule has 4 rings (SSSR count). The van der Waals surface area contributed by atoms with Gasteiger partial charge in [-0.05, 0) is 94.4 Å². The molecule has 3 amide bonds. The highest BCUT2D eigenvalue weighted by Crippen LogP contribution is 2.46. The van der Waals surface area contributed by atoms with E-state index in [9.17, 15) is 19.2 Å².